The predicted molar refractivity (Wildman–Crippen MR) is 73.1 cm³/mol. The van der Waals surface area contributed by atoms with Crippen molar-refractivity contribution in [2.75, 3.05) is 0 Å². The molecule has 1 aromatic rings. The number of hydrogen-bond acceptors (Lipinski definition) is 1. The second-order valence-corrected chi connectivity index (χ2v) is 4.31. The highest BCUT2D eigenvalue weighted by molar-refractivity contribution is 5.80. The number of nitrogens with one attached hydrogen (secondary N) is 1. The Morgan fingerprint density at radius 1 is 1.38 bits per heavy atom. The van der Waals surface area contributed by atoms with Gasteiger partial charge in [-0.2, -0.15) is 0 Å². The van der Waals surface area contributed by atoms with Gasteiger partial charge in [0.1, 0.15) is 0 Å². The molecule has 1 N–H and O–H groups in total. The van der Waals surface area contributed by atoms with E-state index in [1.165, 1.54) is 11.8 Å². The zero-order chi connectivity index (χ0) is 12.1. The van der Waals surface area contributed by atoms with Crippen LogP contribution in [0.1, 0.15) is 43.4 Å². The zero-order valence-electron chi connectivity index (χ0n) is 10.2. The van der Waals surface area contributed by atoms with Crippen molar-refractivity contribution in [1.82, 2.24) is 0 Å². The molecule has 0 aliphatic rings. The van der Waals surface area contributed by atoms with Gasteiger partial charge in [0, 0.05) is 6.21 Å². The number of rotatable bonds is 4. The molecule has 0 saturated carbocycles. The summed E-state index contributed by atoms with van der Waals surface area (Å²) >= 11 is 0. The van der Waals surface area contributed by atoms with Crippen LogP contribution in [-0.2, 0) is 0 Å². The van der Waals surface area contributed by atoms with Crippen molar-refractivity contribution in [2.45, 2.75) is 26.7 Å². The van der Waals surface area contributed by atoms with Gasteiger partial charge in [-0.1, -0.05) is 50.3 Å². The summed E-state index contributed by atoms with van der Waals surface area (Å²) in [6.45, 7) is 10.3. The third-order valence-corrected chi connectivity index (χ3v) is 2.57. The molecule has 0 aliphatic carbocycles. The summed E-state index contributed by atoms with van der Waals surface area (Å²) in [6, 6.07) is 6.44. The minimum absolute atomic E-state index is 0.520. The minimum atomic E-state index is 0.520. The molecule has 1 rings (SSSR count). The first kappa shape index (κ1) is 12.4. The molecule has 0 heterocycles. The van der Waals surface area contributed by atoms with Crippen molar-refractivity contribution in [3.63, 3.8) is 0 Å². The highest BCUT2D eigenvalue weighted by Gasteiger charge is 2.04. The minimum Gasteiger partial charge on any atom is -0.309 e. The van der Waals surface area contributed by atoms with Crippen molar-refractivity contribution in [3.05, 3.63) is 47.5 Å². The normalized spacial score (nSPS) is 11.0. The van der Waals surface area contributed by atoms with E-state index in [-0.39, 0.29) is 0 Å². The van der Waals surface area contributed by atoms with E-state index in [2.05, 4.69) is 38.6 Å². The third kappa shape index (κ3) is 2.93. The lowest BCUT2D eigenvalue weighted by Crippen LogP contribution is -1.92. The molecular formula is C15H19N. The molecule has 0 radical (unpaired) electrons. The van der Waals surface area contributed by atoms with Crippen molar-refractivity contribution >= 4 is 17.9 Å². The predicted octanol–water partition coefficient (Wildman–Crippen LogP) is 4.51. The van der Waals surface area contributed by atoms with Crippen molar-refractivity contribution < 1.29 is 0 Å². The van der Waals surface area contributed by atoms with E-state index in [4.69, 9.17) is 5.41 Å². The molecule has 16 heavy (non-hydrogen) atoms. The first-order chi connectivity index (χ1) is 7.56. The fraction of sp³-hybridized carbons (Fsp3) is 0.267. The Hall–Kier alpha value is -1.63. The molecule has 0 aliphatic heterocycles. The molecule has 84 valence electrons. The highest BCUT2D eigenvalue weighted by atomic mass is 14.3. The van der Waals surface area contributed by atoms with Gasteiger partial charge in [-0.05, 0) is 35.6 Å². The summed E-state index contributed by atoms with van der Waals surface area (Å²) in [6.07, 6.45) is 5.00. The van der Waals surface area contributed by atoms with Gasteiger partial charge in [0.2, 0.25) is 0 Å². The maximum atomic E-state index is 7.03. The van der Waals surface area contributed by atoms with Crippen molar-refractivity contribution in [3.8, 4) is 0 Å². The van der Waals surface area contributed by atoms with Crippen LogP contribution in [0, 0.1) is 5.41 Å². The molecule has 0 bridgehead atoms. The van der Waals surface area contributed by atoms with Crippen molar-refractivity contribution in [1.29, 1.82) is 5.41 Å². The standard InChI is InChI=1S/C15H19N/c1-11(2)13-7-8-15(12(3)4)14(10-13)6-5-9-16/h5-11,16H,3H2,1-2,4H3/b6-5+,16-9?. The van der Waals surface area contributed by atoms with Crippen LogP contribution >= 0.6 is 0 Å². The third-order valence-electron chi connectivity index (χ3n) is 2.57. The molecule has 1 nitrogen and oxygen atoms in total. The summed E-state index contributed by atoms with van der Waals surface area (Å²) in [4.78, 5) is 0. The lowest BCUT2D eigenvalue weighted by molar-refractivity contribution is 0.866. The van der Waals surface area contributed by atoms with Crippen molar-refractivity contribution in [2.24, 2.45) is 0 Å². The SMILES string of the molecule is C=C(C)c1ccc(C(C)C)cc1/C=C/C=N. The van der Waals surface area contributed by atoms with E-state index in [0.29, 0.717) is 5.92 Å². The van der Waals surface area contributed by atoms with Gasteiger partial charge in [-0.3, -0.25) is 0 Å². The van der Waals surface area contributed by atoms with Gasteiger partial charge >= 0.3 is 0 Å². The van der Waals surface area contributed by atoms with Gasteiger partial charge in [-0.15, -0.1) is 0 Å². The monoisotopic (exact) mass is 213 g/mol. The van der Waals surface area contributed by atoms with Crippen LogP contribution in [0.4, 0.5) is 0 Å². The summed E-state index contributed by atoms with van der Waals surface area (Å²) < 4.78 is 0. The summed E-state index contributed by atoms with van der Waals surface area (Å²) in [5, 5.41) is 7.03. The van der Waals surface area contributed by atoms with Gasteiger partial charge < -0.3 is 5.41 Å². The fourth-order valence-corrected chi connectivity index (χ4v) is 1.62. The van der Waals surface area contributed by atoms with Gasteiger partial charge in [0.15, 0.2) is 0 Å². The number of allylic oxidation sites excluding steroid dienone is 2. The van der Waals surface area contributed by atoms with Gasteiger partial charge in [-0.25, -0.2) is 0 Å². The van der Waals surface area contributed by atoms with Gasteiger partial charge in [0.25, 0.3) is 0 Å². The molecular weight excluding hydrogens is 194 g/mol. The van der Waals surface area contributed by atoms with E-state index in [0.717, 1.165) is 16.7 Å². The highest BCUT2D eigenvalue weighted by Crippen LogP contribution is 2.24. The molecule has 0 fully saturated rings. The molecule has 1 heteroatoms. The maximum absolute atomic E-state index is 7.03. The Morgan fingerprint density at radius 3 is 2.56 bits per heavy atom. The van der Waals surface area contributed by atoms with Crippen LogP contribution in [0.5, 0.6) is 0 Å². The lowest BCUT2D eigenvalue weighted by atomic mass is 9.94. The van der Waals surface area contributed by atoms with E-state index in [1.54, 1.807) is 6.08 Å². The Kier molecular flexibility index (Phi) is 4.24. The first-order valence-electron chi connectivity index (χ1n) is 5.53. The van der Waals surface area contributed by atoms with Crippen LogP contribution in [0.3, 0.4) is 0 Å². The molecule has 0 amide bonds. The molecule has 0 spiro atoms. The lowest BCUT2D eigenvalue weighted by Gasteiger charge is -2.11. The molecule has 0 unspecified atom stereocenters. The Morgan fingerprint density at radius 2 is 2.06 bits per heavy atom. The quantitative estimate of drug-likeness (QED) is 0.712. The number of benzene rings is 1. The fourth-order valence-electron chi connectivity index (χ4n) is 1.62. The largest absolute Gasteiger partial charge is 0.309 e. The number of hydrogen-bond donors (Lipinski definition) is 1. The molecule has 0 aromatic heterocycles. The summed E-state index contributed by atoms with van der Waals surface area (Å²) in [5.41, 5.74) is 4.67. The van der Waals surface area contributed by atoms with Crippen LogP contribution in [0.25, 0.3) is 11.6 Å². The topological polar surface area (TPSA) is 23.9 Å². The van der Waals surface area contributed by atoms with Crippen LogP contribution in [0.15, 0.2) is 30.9 Å². The van der Waals surface area contributed by atoms with Gasteiger partial charge in [0.05, 0.1) is 0 Å². The van der Waals surface area contributed by atoms with Crippen LogP contribution < -0.4 is 0 Å². The van der Waals surface area contributed by atoms with E-state index >= 15 is 0 Å². The second kappa shape index (κ2) is 5.45. The van der Waals surface area contributed by atoms with E-state index in [9.17, 15) is 0 Å². The Bertz CT molecular complexity index is 425. The van der Waals surface area contributed by atoms with Crippen LogP contribution in [0.2, 0.25) is 0 Å². The van der Waals surface area contributed by atoms with E-state index < -0.39 is 0 Å². The average molecular weight is 213 g/mol. The Balaban J connectivity index is 3.26. The summed E-state index contributed by atoms with van der Waals surface area (Å²) in [7, 11) is 0. The maximum Gasteiger partial charge on any atom is 0.0177 e. The second-order valence-electron chi connectivity index (χ2n) is 4.31. The Labute approximate surface area is 98.0 Å². The average Bonchev–Trinajstić information content (AvgIpc) is 2.25. The van der Waals surface area contributed by atoms with E-state index in [1.807, 2.05) is 13.0 Å². The molecule has 1 aromatic carbocycles. The zero-order valence-corrected chi connectivity index (χ0v) is 10.2. The summed E-state index contributed by atoms with van der Waals surface area (Å²) in [5.74, 6) is 0.520. The van der Waals surface area contributed by atoms with Crippen LogP contribution in [-0.4, -0.2) is 6.21 Å². The molecule has 0 atom stereocenters. The first-order valence-corrected chi connectivity index (χ1v) is 5.53. The molecule has 0 saturated heterocycles. The smallest absolute Gasteiger partial charge is 0.0177 e.